The summed E-state index contributed by atoms with van der Waals surface area (Å²) in [5, 5.41) is 3.32. The van der Waals surface area contributed by atoms with Crippen LogP contribution in [-0.4, -0.2) is 26.2 Å². The molecule has 0 aliphatic heterocycles. The van der Waals surface area contributed by atoms with E-state index in [1.54, 1.807) is 24.3 Å². The van der Waals surface area contributed by atoms with Gasteiger partial charge in [0.15, 0.2) is 0 Å². The molecule has 21 heavy (non-hydrogen) atoms. The van der Waals surface area contributed by atoms with Crippen LogP contribution in [0.5, 0.6) is 5.75 Å². The normalized spacial score (nSPS) is 9.95. The molecule has 0 spiro atoms. The van der Waals surface area contributed by atoms with E-state index in [9.17, 15) is 4.79 Å². The van der Waals surface area contributed by atoms with Gasteiger partial charge in [0.2, 0.25) is 0 Å². The van der Waals surface area contributed by atoms with Crippen LogP contribution in [0, 0.1) is 0 Å². The lowest BCUT2D eigenvalue weighted by Crippen LogP contribution is -2.07. The highest BCUT2D eigenvalue weighted by Crippen LogP contribution is 2.13. The zero-order valence-electron chi connectivity index (χ0n) is 12.0. The van der Waals surface area contributed by atoms with Crippen LogP contribution in [0.15, 0.2) is 54.6 Å². The van der Waals surface area contributed by atoms with Gasteiger partial charge in [0.1, 0.15) is 5.75 Å². The lowest BCUT2D eigenvalue weighted by atomic mass is 10.2. The fourth-order valence-electron chi connectivity index (χ4n) is 1.86. The van der Waals surface area contributed by atoms with Gasteiger partial charge in [0, 0.05) is 12.2 Å². The summed E-state index contributed by atoms with van der Waals surface area (Å²) in [5.41, 5.74) is 1.63. The molecule has 0 heterocycles. The highest BCUT2D eigenvalue weighted by atomic mass is 16.5. The van der Waals surface area contributed by atoms with Crippen LogP contribution in [0.4, 0.5) is 5.69 Å². The topological polar surface area (TPSA) is 47.6 Å². The maximum Gasteiger partial charge on any atom is 0.337 e. The molecule has 0 saturated heterocycles. The monoisotopic (exact) mass is 285 g/mol. The second-order valence-electron chi connectivity index (χ2n) is 4.51. The molecule has 2 rings (SSSR count). The average molecular weight is 285 g/mol. The molecule has 0 radical (unpaired) electrons. The van der Waals surface area contributed by atoms with Crippen LogP contribution >= 0.6 is 0 Å². The Bertz CT molecular complexity index is 552. The first-order valence-electron chi connectivity index (χ1n) is 6.89. The molecule has 0 aliphatic carbocycles. The number of carbonyl (C=O) groups is 1. The molecule has 1 N–H and O–H groups in total. The lowest BCUT2D eigenvalue weighted by molar-refractivity contribution is 0.0600. The summed E-state index contributed by atoms with van der Waals surface area (Å²) in [6.45, 7) is 1.47. The Kier molecular flexibility index (Phi) is 5.64. The smallest absolute Gasteiger partial charge is 0.337 e. The van der Waals surface area contributed by atoms with Crippen molar-refractivity contribution < 1.29 is 14.3 Å². The number of anilines is 1. The predicted octanol–water partition coefficient (Wildman–Crippen LogP) is 3.35. The number of methoxy groups -OCH3 is 1. The first kappa shape index (κ1) is 14.9. The molecule has 110 valence electrons. The molecule has 2 aromatic carbocycles. The van der Waals surface area contributed by atoms with Crippen molar-refractivity contribution in [3.63, 3.8) is 0 Å². The molecular formula is C17H19NO3. The highest BCUT2D eigenvalue weighted by Gasteiger charge is 2.04. The van der Waals surface area contributed by atoms with Crippen molar-refractivity contribution in [3.8, 4) is 5.75 Å². The number of carbonyl (C=O) groups excluding carboxylic acids is 1. The number of esters is 1. The third-order valence-corrected chi connectivity index (χ3v) is 2.97. The van der Waals surface area contributed by atoms with E-state index in [0.717, 1.165) is 24.4 Å². The molecule has 2 aromatic rings. The molecule has 0 unspecified atom stereocenters. The van der Waals surface area contributed by atoms with Gasteiger partial charge in [0.25, 0.3) is 0 Å². The predicted molar refractivity (Wildman–Crippen MR) is 82.8 cm³/mol. The van der Waals surface area contributed by atoms with Crippen LogP contribution in [0.2, 0.25) is 0 Å². The van der Waals surface area contributed by atoms with Crippen molar-refractivity contribution in [1.82, 2.24) is 0 Å². The van der Waals surface area contributed by atoms with E-state index >= 15 is 0 Å². The molecular weight excluding hydrogens is 266 g/mol. The van der Waals surface area contributed by atoms with Crippen LogP contribution in [0.1, 0.15) is 16.8 Å². The third kappa shape index (κ3) is 4.84. The number of hydrogen-bond donors (Lipinski definition) is 1. The van der Waals surface area contributed by atoms with E-state index in [1.807, 2.05) is 30.3 Å². The number of hydrogen-bond acceptors (Lipinski definition) is 4. The van der Waals surface area contributed by atoms with Gasteiger partial charge in [-0.3, -0.25) is 0 Å². The third-order valence-electron chi connectivity index (χ3n) is 2.97. The van der Waals surface area contributed by atoms with E-state index in [1.165, 1.54) is 7.11 Å². The maximum atomic E-state index is 11.3. The Morgan fingerprint density at radius 2 is 1.76 bits per heavy atom. The Balaban J connectivity index is 1.68. The quantitative estimate of drug-likeness (QED) is 0.626. The maximum absolute atomic E-state index is 11.3. The van der Waals surface area contributed by atoms with Crippen LogP contribution < -0.4 is 10.1 Å². The Labute approximate surface area is 124 Å². The van der Waals surface area contributed by atoms with Crippen molar-refractivity contribution in [3.05, 3.63) is 60.2 Å². The largest absolute Gasteiger partial charge is 0.494 e. The summed E-state index contributed by atoms with van der Waals surface area (Å²) in [6, 6.07) is 17.0. The van der Waals surface area contributed by atoms with Crippen molar-refractivity contribution >= 4 is 11.7 Å². The summed E-state index contributed by atoms with van der Waals surface area (Å²) < 4.78 is 10.3. The fraction of sp³-hybridized carbons (Fsp3) is 0.235. The molecule has 0 saturated carbocycles. The first-order valence-corrected chi connectivity index (χ1v) is 6.89. The second kappa shape index (κ2) is 7.94. The SMILES string of the molecule is COC(=O)c1ccc(OCCCNc2ccccc2)cc1. The Morgan fingerprint density at radius 3 is 2.43 bits per heavy atom. The molecule has 0 aliphatic rings. The standard InChI is InChI=1S/C17H19NO3/c1-20-17(19)14-8-10-16(11-9-14)21-13-5-12-18-15-6-3-2-4-7-15/h2-4,6-11,18H,5,12-13H2,1H3. The molecule has 0 fully saturated rings. The molecule has 0 amide bonds. The fourth-order valence-corrected chi connectivity index (χ4v) is 1.86. The molecule has 4 nitrogen and oxygen atoms in total. The van der Waals surface area contributed by atoms with Crippen molar-refractivity contribution in [2.45, 2.75) is 6.42 Å². The van der Waals surface area contributed by atoms with E-state index < -0.39 is 0 Å². The zero-order chi connectivity index (χ0) is 14.9. The van der Waals surface area contributed by atoms with Gasteiger partial charge in [-0.15, -0.1) is 0 Å². The molecule has 4 heteroatoms. The van der Waals surface area contributed by atoms with Gasteiger partial charge >= 0.3 is 5.97 Å². The van der Waals surface area contributed by atoms with Crippen molar-refractivity contribution in [2.24, 2.45) is 0 Å². The van der Waals surface area contributed by atoms with Crippen LogP contribution in [-0.2, 0) is 4.74 Å². The van der Waals surface area contributed by atoms with E-state index in [2.05, 4.69) is 10.1 Å². The van der Waals surface area contributed by atoms with Crippen molar-refractivity contribution in [1.29, 1.82) is 0 Å². The summed E-state index contributed by atoms with van der Waals surface area (Å²) in [4.78, 5) is 11.3. The molecule has 0 bridgehead atoms. The van der Waals surface area contributed by atoms with Crippen molar-refractivity contribution in [2.75, 3.05) is 25.6 Å². The van der Waals surface area contributed by atoms with Crippen LogP contribution in [0.3, 0.4) is 0 Å². The van der Waals surface area contributed by atoms with Gasteiger partial charge in [-0.05, 0) is 42.8 Å². The minimum Gasteiger partial charge on any atom is -0.494 e. The summed E-state index contributed by atoms with van der Waals surface area (Å²) in [7, 11) is 1.37. The minimum atomic E-state index is -0.339. The number of rotatable bonds is 7. The average Bonchev–Trinajstić information content (AvgIpc) is 2.55. The van der Waals surface area contributed by atoms with Crippen LogP contribution in [0.25, 0.3) is 0 Å². The van der Waals surface area contributed by atoms with Gasteiger partial charge < -0.3 is 14.8 Å². The lowest BCUT2D eigenvalue weighted by Gasteiger charge is -2.08. The number of para-hydroxylation sites is 1. The number of nitrogens with one attached hydrogen (secondary N) is 1. The number of ether oxygens (including phenoxy) is 2. The Hall–Kier alpha value is -2.49. The zero-order valence-corrected chi connectivity index (χ0v) is 12.0. The van der Waals surface area contributed by atoms with Gasteiger partial charge in [-0.25, -0.2) is 4.79 Å². The molecule has 0 aromatic heterocycles. The van der Waals surface area contributed by atoms with Gasteiger partial charge in [0.05, 0.1) is 19.3 Å². The minimum absolute atomic E-state index is 0.339. The van der Waals surface area contributed by atoms with E-state index in [0.29, 0.717) is 12.2 Å². The molecule has 0 atom stereocenters. The Morgan fingerprint density at radius 1 is 1.05 bits per heavy atom. The highest BCUT2D eigenvalue weighted by molar-refractivity contribution is 5.89. The second-order valence-corrected chi connectivity index (χ2v) is 4.51. The van der Waals surface area contributed by atoms with E-state index in [4.69, 9.17) is 4.74 Å². The number of benzene rings is 2. The van der Waals surface area contributed by atoms with Gasteiger partial charge in [-0.1, -0.05) is 18.2 Å². The first-order chi connectivity index (χ1) is 10.3. The summed E-state index contributed by atoms with van der Waals surface area (Å²) >= 11 is 0. The van der Waals surface area contributed by atoms with E-state index in [-0.39, 0.29) is 5.97 Å². The van der Waals surface area contributed by atoms with Gasteiger partial charge in [-0.2, -0.15) is 0 Å². The summed E-state index contributed by atoms with van der Waals surface area (Å²) in [6.07, 6.45) is 0.896. The summed E-state index contributed by atoms with van der Waals surface area (Å²) in [5.74, 6) is 0.413.